The molecule has 3 aromatic rings. The number of pyridine rings is 1. The van der Waals surface area contributed by atoms with Crippen LogP contribution in [0.15, 0.2) is 42.5 Å². The topological polar surface area (TPSA) is 141 Å². The Bertz CT molecular complexity index is 1410. The molecule has 1 unspecified atom stereocenters. The van der Waals surface area contributed by atoms with Gasteiger partial charge in [-0.25, -0.2) is 4.98 Å². The first kappa shape index (κ1) is 23.6. The van der Waals surface area contributed by atoms with Crippen molar-refractivity contribution < 1.29 is 29.2 Å². The van der Waals surface area contributed by atoms with Gasteiger partial charge in [0.1, 0.15) is 31.0 Å². The molecular weight excluding hydrogens is 476 g/mol. The number of rotatable bonds is 5. The zero-order valence-corrected chi connectivity index (χ0v) is 20.0. The second-order valence-electron chi connectivity index (χ2n) is 9.44. The van der Waals surface area contributed by atoms with Crippen molar-refractivity contribution in [3.05, 3.63) is 53.6 Å². The number of hydrogen-bond donors (Lipinski definition) is 3. The summed E-state index contributed by atoms with van der Waals surface area (Å²) in [5, 5.41) is 28.8. The minimum absolute atomic E-state index is 0.232. The monoisotopic (exact) mass is 502 g/mol. The van der Waals surface area contributed by atoms with Crippen molar-refractivity contribution in [1.29, 1.82) is 5.26 Å². The average Bonchev–Trinajstić information content (AvgIpc) is 3.64. The maximum Gasteiger partial charge on any atom is 0.248 e. The number of nitrogens with one attached hydrogen (secondary N) is 1. The first-order chi connectivity index (χ1) is 18.0. The molecule has 3 aliphatic rings. The number of aliphatic hydroxyl groups excluding tert-OH is 2. The lowest BCUT2D eigenvalue weighted by molar-refractivity contribution is -0.133. The van der Waals surface area contributed by atoms with Gasteiger partial charge in [-0.2, -0.15) is 5.26 Å². The number of ether oxygens (including phenoxy) is 3. The van der Waals surface area contributed by atoms with Gasteiger partial charge in [-0.15, -0.1) is 0 Å². The Balaban J connectivity index is 1.22. The molecule has 3 N–H and O–H groups in total. The number of carbonyl (C=O) groups excluding carboxylic acids is 1. The molecule has 0 saturated carbocycles. The Kier molecular flexibility index (Phi) is 6.14. The van der Waals surface area contributed by atoms with Gasteiger partial charge in [-0.1, -0.05) is 30.3 Å². The molecule has 5 heterocycles. The van der Waals surface area contributed by atoms with Crippen LogP contribution in [-0.2, 0) is 14.3 Å². The van der Waals surface area contributed by atoms with Crippen LogP contribution in [0.2, 0.25) is 0 Å². The number of fused-ring (bicyclic) bond motifs is 2. The molecule has 0 aliphatic carbocycles. The molecule has 10 nitrogen and oxygen atoms in total. The van der Waals surface area contributed by atoms with Crippen LogP contribution >= 0.6 is 0 Å². The summed E-state index contributed by atoms with van der Waals surface area (Å²) in [6, 6.07) is 13.7. The van der Waals surface area contributed by atoms with Crippen molar-refractivity contribution in [2.75, 3.05) is 32.9 Å². The number of nitrogens with zero attached hydrogens (tertiary/aromatic N) is 3. The third kappa shape index (κ3) is 4.36. The summed E-state index contributed by atoms with van der Waals surface area (Å²) in [4.78, 5) is 21.2. The van der Waals surface area contributed by atoms with Crippen molar-refractivity contribution in [2.45, 2.75) is 30.8 Å². The van der Waals surface area contributed by atoms with E-state index in [-0.39, 0.29) is 30.8 Å². The molecule has 37 heavy (non-hydrogen) atoms. The summed E-state index contributed by atoms with van der Waals surface area (Å²) in [6.45, 7) is 1.13. The number of benzene rings is 1. The first-order valence-electron chi connectivity index (χ1n) is 12.2. The Morgan fingerprint density at radius 3 is 2.70 bits per heavy atom. The lowest BCUT2D eigenvalue weighted by Crippen LogP contribution is -2.36. The number of aromatic amines is 1. The summed E-state index contributed by atoms with van der Waals surface area (Å²) in [7, 11) is 0. The zero-order valence-electron chi connectivity index (χ0n) is 20.0. The number of aromatic nitrogens is 2. The van der Waals surface area contributed by atoms with Crippen molar-refractivity contribution in [3.8, 4) is 23.2 Å². The molecule has 4 atom stereocenters. The van der Waals surface area contributed by atoms with E-state index in [1.165, 1.54) is 0 Å². The van der Waals surface area contributed by atoms with Crippen molar-refractivity contribution in [3.63, 3.8) is 0 Å². The second kappa shape index (κ2) is 9.61. The van der Waals surface area contributed by atoms with Gasteiger partial charge in [-0.05, 0) is 23.6 Å². The van der Waals surface area contributed by atoms with E-state index in [0.717, 1.165) is 16.7 Å². The SMILES string of the molecule is N#Cc1cc2[nH]c(O[C@@H]3COC4[C@H](O)CO[C@@H]43)cc2nc1-c1ccc(C2=CCN(C(=O)CO)CC2)cc1. The van der Waals surface area contributed by atoms with E-state index in [1.54, 1.807) is 17.0 Å². The molecular formula is C27H26N4O6. The number of carbonyl (C=O) groups is 1. The fourth-order valence-corrected chi connectivity index (χ4v) is 5.21. The first-order valence-corrected chi connectivity index (χ1v) is 12.2. The summed E-state index contributed by atoms with van der Waals surface area (Å²) in [5.74, 6) is 0.233. The van der Waals surface area contributed by atoms with Crippen LogP contribution in [0.3, 0.4) is 0 Å². The Morgan fingerprint density at radius 1 is 1.19 bits per heavy atom. The lowest BCUT2D eigenvalue weighted by Gasteiger charge is -2.26. The summed E-state index contributed by atoms with van der Waals surface area (Å²) < 4.78 is 17.3. The fraction of sp³-hybridized carbons (Fsp3) is 0.370. The summed E-state index contributed by atoms with van der Waals surface area (Å²) >= 11 is 0. The van der Waals surface area contributed by atoms with E-state index >= 15 is 0 Å². The minimum Gasteiger partial charge on any atom is -0.470 e. The highest BCUT2D eigenvalue weighted by molar-refractivity contribution is 5.84. The van der Waals surface area contributed by atoms with Gasteiger partial charge < -0.3 is 34.3 Å². The van der Waals surface area contributed by atoms with Gasteiger partial charge in [0.15, 0.2) is 12.0 Å². The van der Waals surface area contributed by atoms with Gasteiger partial charge in [-0.3, -0.25) is 4.79 Å². The van der Waals surface area contributed by atoms with Crippen LogP contribution in [0.1, 0.15) is 17.5 Å². The largest absolute Gasteiger partial charge is 0.470 e. The van der Waals surface area contributed by atoms with E-state index in [9.17, 15) is 15.2 Å². The Morgan fingerprint density at radius 2 is 1.97 bits per heavy atom. The molecule has 2 fully saturated rings. The summed E-state index contributed by atoms with van der Waals surface area (Å²) in [6.07, 6.45) is 1.03. The predicted octanol–water partition coefficient (Wildman–Crippen LogP) is 1.62. The smallest absolute Gasteiger partial charge is 0.248 e. The van der Waals surface area contributed by atoms with Gasteiger partial charge in [0.05, 0.1) is 35.5 Å². The average molecular weight is 503 g/mol. The van der Waals surface area contributed by atoms with Gasteiger partial charge in [0.25, 0.3) is 0 Å². The van der Waals surface area contributed by atoms with Crippen LogP contribution in [0.25, 0.3) is 27.9 Å². The number of aliphatic hydroxyl groups is 2. The van der Waals surface area contributed by atoms with E-state index in [1.807, 2.05) is 30.3 Å². The van der Waals surface area contributed by atoms with Crippen LogP contribution in [0, 0.1) is 11.3 Å². The highest BCUT2D eigenvalue weighted by Crippen LogP contribution is 2.33. The second-order valence-corrected chi connectivity index (χ2v) is 9.44. The van der Waals surface area contributed by atoms with E-state index in [0.29, 0.717) is 54.3 Å². The maximum absolute atomic E-state index is 11.7. The highest BCUT2D eigenvalue weighted by atomic mass is 16.6. The molecule has 2 saturated heterocycles. The quantitative estimate of drug-likeness (QED) is 0.478. The number of amides is 1. The molecule has 10 heteroatoms. The molecule has 3 aliphatic heterocycles. The standard InChI is InChI=1S/C27H26N4O6/c28-11-18-9-19-20(10-23(29-19)37-22-14-36-26-21(33)13-35-27(22)26)30-25(18)17-3-1-15(2-4-17)16-5-7-31(8-6-16)24(34)12-32/h1-5,9-10,21-22,26-27,29,32-33H,6-8,12-14H2/t21-,22-,26?,27-/m1/s1. The molecule has 1 amide bonds. The van der Waals surface area contributed by atoms with Gasteiger partial charge in [0, 0.05) is 24.7 Å². The predicted molar refractivity (Wildman–Crippen MR) is 132 cm³/mol. The molecule has 190 valence electrons. The highest BCUT2D eigenvalue weighted by Gasteiger charge is 2.48. The molecule has 0 spiro atoms. The number of nitriles is 1. The van der Waals surface area contributed by atoms with Crippen LogP contribution in [-0.4, -0.2) is 88.3 Å². The van der Waals surface area contributed by atoms with Crippen LogP contribution < -0.4 is 4.74 Å². The normalized spacial score (nSPS) is 25.1. The lowest BCUT2D eigenvalue weighted by atomic mass is 9.97. The third-order valence-electron chi connectivity index (χ3n) is 7.18. The Labute approximate surface area is 212 Å². The fourth-order valence-electron chi connectivity index (χ4n) is 5.21. The number of hydrogen-bond acceptors (Lipinski definition) is 8. The molecule has 0 radical (unpaired) electrons. The van der Waals surface area contributed by atoms with E-state index in [4.69, 9.17) is 24.3 Å². The summed E-state index contributed by atoms with van der Waals surface area (Å²) in [5.41, 5.74) is 5.38. The molecule has 1 aromatic carbocycles. The van der Waals surface area contributed by atoms with Crippen LogP contribution in [0.4, 0.5) is 0 Å². The van der Waals surface area contributed by atoms with E-state index < -0.39 is 12.7 Å². The van der Waals surface area contributed by atoms with Gasteiger partial charge >= 0.3 is 0 Å². The zero-order chi connectivity index (χ0) is 25.5. The van der Waals surface area contributed by atoms with Crippen LogP contribution in [0.5, 0.6) is 5.88 Å². The molecule has 0 bridgehead atoms. The molecule has 2 aromatic heterocycles. The minimum atomic E-state index is -0.644. The van der Waals surface area contributed by atoms with E-state index in [2.05, 4.69) is 11.1 Å². The maximum atomic E-state index is 11.7. The molecule has 6 rings (SSSR count). The van der Waals surface area contributed by atoms with Gasteiger partial charge in [0.2, 0.25) is 5.91 Å². The van der Waals surface area contributed by atoms with Crippen molar-refractivity contribution in [2.24, 2.45) is 0 Å². The number of H-pyrrole nitrogens is 1. The third-order valence-corrected chi connectivity index (χ3v) is 7.18. The Hall–Kier alpha value is -3.75. The van der Waals surface area contributed by atoms with Crippen molar-refractivity contribution >= 4 is 22.5 Å². The van der Waals surface area contributed by atoms with Crippen molar-refractivity contribution in [1.82, 2.24) is 14.9 Å².